The predicted molar refractivity (Wildman–Crippen MR) is 128 cm³/mol. The molecule has 0 radical (unpaired) electrons. The Kier molecular flexibility index (Phi) is 7.82. The fourth-order valence-electron chi connectivity index (χ4n) is 4.80. The lowest BCUT2D eigenvalue weighted by Gasteiger charge is -2.26. The van der Waals surface area contributed by atoms with Crippen molar-refractivity contribution in [1.82, 2.24) is 20.1 Å². The lowest BCUT2D eigenvalue weighted by atomic mass is 9.95. The minimum atomic E-state index is -0.704. The summed E-state index contributed by atoms with van der Waals surface area (Å²) >= 11 is 7.44. The van der Waals surface area contributed by atoms with Crippen molar-refractivity contribution in [2.24, 2.45) is 0 Å². The van der Waals surface area contributed by atoms with Crippen molar-refractivity contribution in [1.29, 1.82) is 5.26 Å². The highest BCUT2D eigenvalue weighted by molar-refractivity contribution is 7.99. The Labute approximate surface area is 204 Å². The molecule has 2 aliphatic carbocycles. The molecule has 176 valence electrons. The summed E-state index contributed by atoms with van der Waals surface area (Å²) in [6.45, 7) is 2.27. The molecule has 1 aromatic heterocycles. The third kappa shape index (κ3) is 5.82. The van der Waals surface area contributed by atoms with Crippen molar-refractivity contribution in [3.63, 3.8) is 0 Å². The summed E-state index contributed by atoms with van der Waals surface area (Å²) in [6, 6.07) is 8.18. The molecule has 1 amide bonds. The van der Waals surface area contributed by atoms with E-state index in [0.29, 0.717) is 17.7 Å². The lowest BCUT2D eigenvalue weighted by Crippen LogP contribution is -2.45. The summed E-state index contributed by atoms with van der Waals surface area (Å²) in [5, 5.41) is 22.7. The van der Waals surface area contributed by atoms with Crippen LogP contribution in [0.4, 0.5) is 0 Å². The van der Waals surface area contributed by atoms with Gasteiger partial charge >= 0.3 is 0 Å². The fraction of sp³-hybridized carbons (Fsp3) is 0.583. The summed E-state index contributed by atoms with van der Waals surface area (Å²) < 4.78 is 8.22. The number of carbonyl (C=O) groups excluding carboxylic acids is 1. The normalized spacial score (nSPS) is 18.1. The van der Waals surface area contributed by atoms with Gasteiger partial charge in [-0.25, -0.2) is 0 Å². The SMILES string of the molecule is Cc1cc(Cl)ccc1OCc1nnc(SCC(=O)NC2(C#N)CCCC2)n1C1CCCCC1. The van der Waals surface area contributed by atoms with Gasteiger partial charge in [-0.3, -0.25) is 9.36 Å². The molecule has 0 unspecified atom stereocenters. The van der Waals surface area contributed by atoms with Gasteiger partial charge in [-0.15, -0.1) is 10.2 Å². The van der Waals surface area contributed by atoms with Crippen molar-refractivity contribution in [2.45, 2.75) is 88.1 Å². The maximum atomic E-state index is 12.6. The van der Waals surface area contributed by atoms with Gasteiger partial charge in [0.05, 0.1) is 11.8 Å². The molecule has 1 N–H and O–H groups in total. The molecule has 2 saturated carbocycles. The Balaban J connectivity index is 1.46. The van der Waals surface area contributed by atoms with E-state index in [1.807, 2.05) is 25.1 Å². The molecule has 0 spiro atoms. The zero-order valence-electron chi connectivity index (χ0n) is 19.0. The predicted octanol–water partition coefficient (Wildman–Crippen LogP) is 5.37. The molecule has 9 heteroatoms. The van der Waals surface area contributed by atoms with Gasteiger partial charge in [0, 0.05) is 11.1 Å². The number of hydrogen-bond donors (Lipinski definition) is 1. The summed E-state index contributed by atoms with van der Waals surface area (Å²) in [6.07, 6.45) is 9.15. The molecule has 0 saturated heterocycles. The third-order valence-corrected chi connectivity index (χ3v) is 7.73. The van der Waals surface area contributed by atoms with E-state index in [1.54, 1.807) is 0 Å². The summed E-state index contributed by atoms with van der Waals surface area (Å²) in [4.78, 5) is 12.6. The first-order valence-corrected chi connectivity index (χ1v) is 13.0. The number of halogens is 1. The molecule has 2 fully saturated rings. The van der Waals surface area contributed by atoms with Crippen LogP contribution in [0.1, 0.15) is 75.2 Å². The summed E-state index contributed by atoms with van der Waals surface area (Å²) in [5.74, 6) is 1.62. The highest BCUT2D eigenvalue weighted by Crippen LogP contribution is 2.34. The van der Waals surface area contributed by atoms with Crippen LogP contribution >= 0.6 is 23.4 Å². The summed E-state index contributed by atoms with van der Waals surface area (Å²) in [5.41, 5.74) is 0.264. The maximum absolute atomic E-state index is 12.6. The molecule has 4 rings (SSSR count). The average Bonchev–Trinajstić information content (AvgIpc) is 3.45. The van der Waals surface area contributed by atoms with E-state index >= 15 is 0 Å². The number of hydrogen-bond acceptors (Lipinski definition) is 6. The second-order valence-electron chi connectivity index (χ2n) is 9.00. The van der Waals surface area contributed by atoms with E-state index < -0.39 is 5.54 Å². The van der Waals surface area contributed by atoms with E-state index in [2.05, 4.69) is 26.2 Å². The van der Waals surface area contributed by atoms with E-state index in [0.717, 1.165) is 60.8 Å². The minimum Gasteiger partial charge on any atom is -0.485 e. The Morgan fingerprint density at radius 2 is 2.03 bits per heavy atom. The molecule has 2 aromatic rings. The van der Waals surface area contributed by atoms with Crippen molar-refractivity contribution >= 4 is 29.3 Å². The van der Waals surface area contributed by atoms with Crippen molar-refractivity contribution in [2.75, 3.05) is 5.75 Å². The lowest BCUT2D eigenvalue weighted by molar-refractivity contribution is -0.119. The number of ether oxygens (including phenoxy) is 1. The van der Waals surface area contributed by atoms with Gasteiger partial charge in [0.15, 0.2) is 11.0 Å². The minimum absolute atomic E-state index is 0.128. The van der Waals surface area contributed by atoms with Gasteiger partial charge < -0.3 is 10.1 Å². The molecule has 0 aliphatic heterocycles. The number of nitrogens with one attached hydrogen (secondary N) is 1. The highest BCUT2D eigenvalue weighted by Gasteiger charge is 2.35. The topological polar surface area (TPSA) is 92.8 Å². The fourth-order valence-corrected chi connectivity index (χ4v) is 5.85. The van der Waals surface area contributed by atoms with Crippen molar-refractivity contribution in [3.8, 4) is 11.8 Å². The molecule has 0 atom stereocenters. The van der Waals surface area contributed by atoms with Gasteiger partial charge in [-0.2, -0.15) is 5.26 Å². The zero-order valence-corrected chi connectivity index (χ0v) is 20.6. The summed E-state index contributed by atoms with van der Waals surface area (Å²) in [7, 11) is 0. The quantitative estimate of drug-likeness (QED) is 0.503. The number of aromatic nitrogens is 3. The number of amides is 1. The monoisotopic (exact) mass is 487 g/mol. The van der Waals surface area contributed by atoms with Crippen LogP contribution in [0.2, 0.25) is 5.02 Å². The number of nitrogens with zero attached hydrogens (tertiary/aromatic N) is 4. The second-order valence-corrected chi connectivity index (χ2v) is 10.4. The molecule has 1 heterocycles. The average molecular weight is 488 g/mol. The van der Waals surface area contributed by atoms with Crippen LogP contribution in [0, 0.1) is 18.3 Å². The first-order valence-electron chi connectivity index (χ1n) is 11.7. The molecule has 33 heavy (non-hydrogen) atoms. The molecule has 0 bridgehead atoms. The third-order valence-electron chi connectivity index (χ3n) is 6.55. The van der Waals surface area contributed by atoms with Gasteiger partial charge in [0.2, 0.25) is 5.91 Å². The van der Waals surface area contributed by atoms with E-state index in [-0.39, 0.29) is 11.7 Å². The maximum Gasteiger partial charge on any atom is 0.231 e. The Bertz CT molecular complexity index is 1020. The number of carbonyl (C=O) groups is 1. The molecular formula is C24H30ClN5O2S. The van der Waals surface area contributed by atoms with E-state index in [1.165, 1.54) is 31.0 Å². The first kappa shape index (κ1) is 23.9. The number of benzene rings is 1. The molecular weight excluding hydrogens is 458 g/mol. The van der Waals surface area contributed by atoms with Crippen molar-refractivity contribution < 1.29 is 9.53 Å². The van der Waals surface area contributed by atoms with Crippen molar-refractivity contribution in [3.05, 3.63) is 34.6 Å². The molecule has 2 aliphatic rings. The van der Waals surface area contributed by atoms with E-state index in [9.17, 15) is 10.1 Å². The zero-order chi connectivity index (χ0) is 23.3. The molecule has 1 aromatic carbocycles. The molecule has 7 nitrogen and oxygen atoms in total. The number of aryl methyl sites for hydroxylation is 1. The Hall–Kier alpha value is -2.24. The van der Waals surface area contributed by atoms with Crippen LogP contribution < -0.4 is 10.1 Å². The van der Waals surface area contributed by atoms with Crippen LogP contribution in [0.15, 0.2) is 23.4 Å². The van der Waals surface area contributed by atoms with E-state index in [4.69, 9.17) is 16.3 Å². The number of nitriles is 1. The first-order chi connectivity index (χ1) is 16.0. The Morgan fingerprint density at radius 3 is 2.73 bits per heavy atom. The Morgan fingerprint density at radius 1 is 1.27 bits per heavy atom. The van der Waals surface area contributed by atoms with Gasteiger partial charge in [0.1, 0.15) is 17.9 Å². The van der Waals surface area contributed by atoms with Gasteiger partial charge in [0.25, 0.3) is 0 Å². The second kappa shape index (κ2) is 10.8. The van der Waals surface area contributed by atoms with Crippen LogP contribution in [0.5, 0.6) is 5.75 Å². The standard InChI is InChI=1S/C24H30ClN5O2S/c1-17-13-18(25)9-10-20(17)32-14-21-28-29-23(30(21)19-7-3-2-4-8-19)33-15-22(31)27-24(16-26)11-5-6-12-24/h9-10,13,19H,2-8,11-12,14-15H2,1H3,(H,27,31). The van der Waals surface area contributed by atoms with Crippen LogP contribution in [0.25, 0.3) is 0 Å². The van der Waals surface area contributed by atoms with Crippen LogP contribution in [0.3, 0.4) is 0 Å². The van der Waals surface area contributed by atoms with Crippen LogP contribution in [-0.4, -0.2) is 32.0 Å². The van der Waals surface area contributed by atoms with Crippen LogP contribution in [-0.2, 0) is 11.4 Å². The van der Waals surface area contributed by atoms with Gasteiger partial charge in [-0.1, -0.05) is 42.6 Å². The highest BCUT2D eigenvalue weighted by atomic mass is 35.5. The number of thioether (sulfide) groups is 1. The smallest absolute Gasteiger partial charge is 0.231 e. The number of rotatable bonds is 8. The van der Waals surface area contributed by atoms with Gasteiger partial charge in [-0.05, 0) is 69.2 Å². The largest absolute Gasteiger partial charge is 0.485 e.